The molecule has 1 heterocycles. The van der Waals surface area contributed by atoms with Crippen LogP contribution in [0, 0.1) is 0 Å². The molecule has 0 aliphatic carbocycles. The number of hydrogen-bond donors (Lipinski definition) is 0. The number of ketones is 1. The molecule has 0 spiro atoms. The minimum absolute atomic E-state index is 0.0166. The highest BCUT2D eigenvalue weighted by Crippen LogP contribution is 2.43. The largest absolute Gasteiger partial charge is 0.493 e. The lowest BCUT2D eigenvalue weighted by Gasteiger charge is -2.45. The lowest BCUT2D eigenvalue weighted by atomic mass is 9.85. The Bertz CT molecular complexity index is 1240. The van der Waals surface area contributed by atoms with Crippen LogP contribution in [0.15, 0.2) is 54.6 Å². The Morgan fingerprint density at radius 3 is 2.11 bits per heavy atom. The summed E-state index contributed by atoms with van der Waals surface area (Å²) in [5.74, 6) is 2.87. The molecule has 1 aliphatic heterocycles. The predicted molar refractivity (Wildman–Crippen MR) is 141 cm³/mol. The fraction of sp³-hybridized carbons (Fsp3) is 0.345. The summed E-state index contributed by atoms with van der Waals surface area (Å²) in [4.78, 5) is 13.4. The van der Waals surface area contributed by atoms with Crippen LogP contribution >= 0.6 is 11.6 Å². The van der Waals surface area contributed by atoms with E-state index < -0.39 is 0 Å². The van der Waals surface area contributed by atoms with Crippen LogP contribution in [0.5, 0.6) is 23.0 Å². The van der Waals surface area contributed by atoms with Gasteiger partial charge in [-0.25, -0.2) is 0 Å². The van der Waals surface area contributed by atoms with Gasteiger partial charge in [-0.05, 0) is 59.7 Å². The topological polar surface area (TPSA) is 54.0 Å². The number of benzene rings is 3. The molecule has 0 aromatic heterocycles. The van der Waals surface area contributed by atoms with Gasteiger partial charge in [-0.3, -0.25) is 4.79 Å². The van der Waals surface area contributed by atoms with Gasteiger partial charge in [-0.15, -0.1) is 0 Å². The van der Waals surface area contributed by atoms with Crippen LogP contribution in [0.2, 0.25) is 5.02 Å². The Labute approximate surface area is 217 Å². The van der Waals surface area contributed by atoms with E-state index in [1.54, 1.807) is 52.7 Å². The zero-order chi connectivity index (χ0) is 25.9. The van der Waals surface area contributed by atoms with Crippen molar-refractivity contribution in [1.29, 1.82) is 0 Å². The Kier molecular flexibility index (Phi) is 7.76. The maximum Gasteiger partial charge on any atom is 0.216 e. The van der Waals surface area contributed by atoms with E-state index in [1.807, 2.05) is 12.1 Å². The quantitative estimate of drug-likeness (QED) is 0.279. The second kappa shape index (κ2) is 10.8. The van der Waals surface area contributed by atoms with E-state index in [2.05, 4.69) is 25.2 Å². The first-order valence-corrected chi connectivity index (χ1v) is 12.3. The summed E-state index contributed by atoms with van der Waals surface area (Å²) in [5.41, 5.74) is 4.15. The van der Waals surface area contributed by atoms with Crippen molar-refractivity contribution in [3.63, 3.8) is 0 Å². The van der Waals surface area contributed by atoms with Gasteiger partial charge in [0.15, 0.2) is 23.0 Å². The third kappa shape index (κ3) is 5.15. The Morgan fingerprint density at radius 2 is 1.47 bits per heavy atom. The monoisotopic (exact) mass is 510 g/mol. The Hall–Kier alpha value is -3.22. The minimum atomic E-state index is 0.0166. The minimum Gasteiger partial charge on any atom is -0.493 e. The number of halogens is 1. The van der Waals surface area contributed by atoms with E-state index in [4.69, 9.17) is 30.5 Å². The molecule has 0 amide bonds. The summed E-state index contributed by atoms with van der Waals surface area (Å²) in [5, 5.41) is 0.617. The molecule has 36 heavy (non-hydrogen) atoms. The van der Waals surface area contributed by atoms with E-state index in [0.29, 0.717) is 45.3 Å². The molecule has 1 unspecified atom stereocenters. The average molecular weight is 511 g/mol. The number of fused-ring (bicyclic) bond motifs is 1. The lowest BCUT2D eigenvalue weighted by Crippen LogP contribution is -2.54. The van der Waals surface area contributed by atoms with Gasteiger partial charge in [0.25, 0.3) is 0 Å². The Balaban J connectivity index is 1.76. The normalized spacial score (nSPS) is 18.8. The SMILES string of the molecule is COc1ccc(C[C@H]2c3cc(OC)c(OC)cc3CC[N+]2(C)CC(=O)c2ccc(Cl)cc2)cc1OC. The zero-order valence-corrected chi connectivity index (χ0v) is 22.2. The molecule has 0 radical (unpaired) electrons. The molecule has 3 aromatic rings. The van der Waals surface area contributed by atoms with Crippen molar-refractivity contribution in [3.8, 4) is 23.0 Å². The molecule has 6 nitrogen and oxygen atoms in total. The molecule has 7 heteroatoms. The fourth-order valence-corrected chi connectivity index (χ4v) is 5.26. The number of hydrogen-bond acceptors (Lipinski definition) is 5. The van der Waals surface area contributed by atoms with Crippen LogP contribution in [-0.2, 0) is 12.8 Å². The summed E-state index contributed by atoms with van der Waals surface area (Å²) in [6.45, 7) is 1.19. The van der Waals surface area contributed by atoms with Crippen LogP contribution in [0.3, 0.4) is 0 Å². The number of quaternary nitrogens is 1. The van der Waals surface area contributed by atoms with Crippen molar-refractivity contribution in [2.75, 3.05) is 48.6 Å². The van der Waals surface area contributed by atoms with Crippen LogP contribution in [0.25, 0.3) is 0 Å². The van der Waals surface area contributed by atoms with E-state index in [-0.39, 0.29) is 11.8 Å². The number of Topliss-reactive ketones (excluding diaryl/α,β-unsaturated/α-hetero) is 1. The van der Waals surface area contributed by atoms with Gasteiger partial charge >= 0.3 is 0 Å². The summed E-state index contributed by atoms with van der Waals surface area (Å²) in [6.07, 6.45) is 1.55. The van der Waals surface area contributed by atoms with Crippen LogP contribution in [0.1, 0.15) is 33.1 Å². The third-order valence-corrected chi connectivity index (χ3v) is 7.45. The van der Waals surface area contributed by atoms with Crippen molar-refractivity contribution in [3.05, 3.63) is 81.9 Å². The molecule has 4 rings (SSSR count). The van der Waals surface area contributed by atoms with E-state index >= 15 is 0 Å². The first-order valence-electron chi connectivity index (χ1n) is 11.9. The van der Waals surface area contributed by atoms with Crippen LogP contribution in [-0.4, -0.2) is 58.8 Å². The number of methoxy groups -OCH3 is 4. The number of nitrogens with zero attached hydrogens (tertiary/aromatic N) is 1. The summed E-state index contributed by atoms with van der Waals surface area (Å²) >= 11 is 6.05. The molecule has 0 bridgehead atoms. The third-order valence-electron chi connectivity index (χ3n) is 7.20. The van der Waals surface area contributed by atoms with E-state index in [9.17, 15) is 4.79 Å². The highest BCUT2D eigenvalue weighted by Gasteiger charge is 2.41. The highest BCUT2D eigenvalue weighted by molar-refractivity contribution is 6.30. The molecule has 0 saturated heterocycles. The van der Waals surface area contributed by atoms with Crippen molar-refractivity contribution in [2.24, 2.45) is 0 Å². The first-order chi connectivity index (χ1) is 17.3. The van der Waals surface area contributed by atoms with Crippen LogP contribution < -0.4 is 18.9 Å². The van der Waals surface area contributed by atoms with Gasteiger partial charge in [-0.2, -0.15) is 0 Å². The standard InChI is InChI=1S/C29H33ClNO5/c1-31(18-25(32)20-7-9-22(30)10-8-20)13-12-21-16-28(35-4)29(36-5)17-23(21)24(31)14-19-6-11-26(33-2)27(15-19)34-3/h6-11,15-17,24H,12-14,18H2,1-5H3/q+1/t24-,31?/m0/s1. The summed E-state index contributed by atoms with van der Waals surface area (Å²) < 4.78 is 22.8. The molecule has 3 aromatic carbocycles. The van der Waals surface area contributed by atoms with Gasteiger partial charge in [0, 0.05) is 29.0 Å². The number of carbonyl (C=O) groups is 1. The zero-order valence-electron chi connectivity index (χ0n) is 21.5. The number of rotatable bonds is 9. The maximum absolute atomic E-state index is 13.4. The molecular weight excluding hydrogens is 478 g/mol. The van der Waals surface area contributed by atoms with E-state index in [1.165, 1.54) is 11.1 Å². The van der Waals surface area contributed by atoms with Crippen molar-refractivity contribution >= 4 is 17.4 Å². The molecule has 190 valence electrons. The molecule has 2 atom stereocenters. The number of likely N-dealkylation sites (N-methyl/N-ethyl adjacent to an activating group) is 1. The number of ether oxygens (including phenoxy) is 4. The Morgan fingerprint density at radius 1 is 0.861 bits per heavy atom. The second-order valence-corrected chi connectivity index (χ2v) is 9.79. The number of carbonyl (C=O) groups excluding carboxylic acids is 1. The smallest absolute Gasteiger partial charge is 0.216 e. The lowest BCUT2D eigenvalue weighted by molar-refractivity contribution is -0.933. The molecule has 0 fully saturated rings. The molecule has 0 N–H and O–H groups in total. The predicted octanol–water partition coefficient (Wildman–Crippen LogP) is 5.54. The van der Waals surface area contributed by atoms with Gasteiger partial charge in [0.1, 0.15) is 12.6 Å². The highest BCUT2D eigenvalue weighted by atomic mass is 35.5. The first kappa shape index (κ1) is 25.9. The van der Waals surface area contributed by atoms with E-state index in [0.717, 1.165) is 24.3 Å². The van der Waals surface area contributed by atoms with Crippen molar-refractivity contribution < 1.29 is 28.2 Å². The maximum atomic E-state index is 13.4. The average Bonchev–Trinajstić information content (AvgIpc) is 2.89. The van der Waals surface area contributed by atoms with Gasteiger partial charge in [0.05, 0.1) is 42.0 Å². The van der Waals surface area contributed by atoms with Crippen molar-refractivity contribution in [1.82, 2.24) is 0 Å². The van der Waals surface area contributed by atoms with Gasteiger partial charge in [0.2, 0.25) is 5.78 Å². The molecule has 0 saturated carbocycles. The van der Waals surface area contributed by atoms with Gasteiger partial charge < -0.3 is 23.4 Å². The second-order valence-electron chi connectivity index (χ2n) is 9.36. The molecule has 1 aliphatic rings. The van der Waals surface area contributed by atoms with Crippen LogP contribution in [0.4, 0.5) is 0 Å². The molecular formula is C29H33ClNO5+. The van der Waals surface area contributed by atoms with Gasteiger partial charge in [-0.1, -0.05) is 17.7 Å². The summed E-state index contributed by atoms with van der Waals surface area (Å²) in [6, 6.07) is 17.3. The summed E-state index contributed by atoms with van der Waals surface area (Å²) in [7, 11) is 8.73. The fourth-order valence-electron chi connectivity index (χ4n) is 5.14. The van der Waals surface area contributed by atoms with Crippen molar-refractivity contribution in [2.45, 2.75) is 18.9 Å².